The number of aromatic nitrogens is 2. The second-order valence-electron chi connectivity index (χ2n) is 3.23. The Morgan fingerprint density at radius 2 is 2.25 bits per heavy atom. The Kier molecular flexibility index (Phi) is 2.87. The minimum atomic E-state index is 0.483. The quantitative estimate of drug-likeness (QED) is 0.735. The fourth-order valence-corrected chi connectivity index (χ4v) is 1.35. The van der Waals surface area contributed by atoms with Crippen LogP contribution in [-0.4, -0.2) is 23.1 Å². The number of likely N-dealkylation sites (N-methyl/N-ethyl adjacent to an activating group) is 1. The van der Waals surface area contributed by atoms with E-state index in [0.29, 0.717) is 6.04 Å². The van der Waals surface area contributed by atoms with Crippen LogP contribution in [0.3, 0.4) is 0 Å². The van der Waals surface area contributed by atoms with E-state index in [1.807, 2.05) is 20.3 Å². The molecule has 0 aliphatic rings. The highest BCUT2D eigenvalue weighted by Crippen LogP contribution is 2.11. The van der Waals surface area contributed by atoms with E-state index in [-0.39, 0.29) is 0 Å². The fourth-order valence-electron chi connectivity index (χ4n) is 1.35. The van der Waals surface area contributed by atoms with Crippen molar-refractivity contribution in [3.63, 3.8) is 0 Å². The lowest BCUT2D eigenvalue weighted by molar-refractivity contribution is 0.508. The molecule has 0 saturated heterocycles. The molecule has 1 atom stereocenters. The van der Waals surface area contributed by atoms with Gasteiger partial charge in [0.15, 0.2) is 0 Å². The Morgan fingerprint density at radius 1 is 1.58 bits per heavy atom. The predicted molar refractivity (Wildman–Crippen MR) is 50.3 cm³/mol. The van der Waals surface area contributed by atoms with Crippen molar-refractivity contribution >= 4 is 0 Å². The minimum Gasteiger partial charge on any atom is -0.331 e. The van der Waals surface area contributed by atoms with E-state index < -0.39 is 0 Å². The summed E-state index contributed by atoms with van der Waals surface area (Å²) in [6, 6.07) is 0.483. The van der Waals surface area contributed by atoms with Crippen molar-refractivity contribution in [1.82, 2.24) is 14.9 Å². The largest absolute Gasteiger partial charge is 0.331 e. The van der Waals surface area contributed by atoms with Crippen LogP contribution in [0.15, 0.2) is 6.33 Å². The second kappa shape index (κ2) is 3.72. The van der Waals surface area contributed by atoms with Crippen LogP contribution in [0, 0.1) is 13.8 Å². The number of hydrogen-bond acceptors (Lipinski definition) is 2. The van der Waals surface area contributed by atoms with Gasteiger partial charge in [-0.05, 0) is 27.8 Å². The van der Waals surface area contributed by atoms with Gasteiger partial charge < -0.3 is 9.88 Å². The SMILES string of the molecule is CNCC(C)n1cnc(C)c1C. The standard InChI is InChI=1S/C9H17N3/c1-7(5-10-4)12-6-11-8(2)9(12)3/h6-7,10H,5H2,1-4H3. The summed E-state index contributed by atoms with van der Waals surface area (Å²) in [6.07, 6.45) is 1.91. The first-order chi connectivity index (χ1) is 5.66. The summed E-state index contributed by atoms with van der Waals surface area (Å²) in [5.74, 6) is 0. The van der Waals surface area contributed by atoms with Gasteiger partial charge >= 0.3 is 0 Å². The van der Waals surface area contributed by atoms with Crippen molar-refractivity contribution in [3.8, 4) is 0 Å². The molecule has 1 aromatic rings. The number of hydrogen-bond donors (Lipinski definition) is 1. The number of nitrogens with one attached hydrogen (secondary N) is 1. The van der Waals surface area contributed by atoms with E-state index in [9.17, 15) is 0 Å². The average molecular weight is 167 g/mol. The van der Waals surface area contributed by atoms with E-state index in [2.05, 4.69) is 28.7 Å². The predicted octanol–water partition coefficient (Wildman–Crippen LogP) is 1.28. The third-order valence-electron chi connectivity index (χ3n) is 2.26. The van der Waals surface area contributed by atoms with Gasteiger partial charge in [0.05, 0.1) is 12.0 Å². The molecule has 1 rings (SSSR count). The van der Waals surface area contributed by atoms with E-state index in [0.717, 1.165) is 12.2 Å². The van der Waals surface area contributed by atoms with E-state index in [1.165, 1.54) is 5.69 Å². The van der Waals surface area contributed by atoms with Gasteiger partial charge in [0.25, 0.3) is 0 Å². The number of rotatable bonds is 3. The number of nitrogens with zero attached hydrogens (tertiary/aromatic N) is 2. The number of aryl methyl sites for hydroxylation is 1. The van der Waals surface area contributed by atoms with Gasteiger partial charge in [-0.3, -0.25) is 0 Å². The topological polar surface area (TPSA) is 29.9 Å². The van der Waals surface area contributed by atoms with Crippen LogP contribution in [-0.2, 0) is 0 Å². The van der Waals surface area contributed by atoms with Crippen molar-refractivity contribution < 1.29 is 0 Å². The summed E-state index contributed by atoms with van der Waals surface area (Å²) in [4.78, 5) is 4.25. The number of imidazole rings is 1. The highest BCUT2D eigenvalue weighted by atomic mass is 15.1. The Hall–Kier alpha value is -0.830. The van der Waals surface area contributed by atoms with E-state index in [1.54, 1.807) is 0 Å². The normalized spacial score (nSPS) is 13.3. The molecular formula is C9H17N3. The molecule has 0 aliphatic carbocycles. The smallest absolute Gasteiger partial charge is 0.0954 e. The van der Waals surface area contributed by atoms with Crippen molar-refractivity contribution in [1.29, 1.82) is 0 Å². The maximum absolute atomic E-state index is 4.25. The molecule has 0 spiro atoms. The van der Waals surface area contributed by atoms with Gasteiger partial charge in [-0.15, -0.1) is 0 Å². The Bertz CT molecular complexity index is 252. The second-order valence-corrected chi connectivity index (χ2v) is 3.23. The Morgan fingerprint density at radius 3 is 2.67 bits per heavy atom. The summed E-state index contributed by atoms with van der Waals surface area (Å²) in [7, 11) is 1.97. The van der Waals surface area contributed by atoms with Gasteiger partial charge in [-0.25, -0.2) is 4.98 Å². The maximum atomic E-state index is 4.25. The molecule has 0 aromatic carbocycles. The third kappa shape index (κ3) is 1.67. The van der Waals surface area contributed by atoms with Crippen LogP contribution in [0.4, 0.5) is 0 Å². The Balaban J connectivity index is 2.80. The molecule has 1 unspecified atom stereocenters. The van der Waals surface area contributed by atoms with Gasteiger partial charge in [0.1, 0.15) is 0 Å². The molecule has 0 radical (unpaired) electrons. The van der Waals surface area contributed by atoms with Crippen LogP contribution in [0.5, 0.6) is 0 Å². The molecule has 0 bridgehead atoms. The maximum Gasteiger partial charge on any atom is 0.0954 e. The lowest BCUT2D eigenvalue weighted by Gasteiger charge is -2.14. The molecule has 68 valence electrons. The first kappa shape index (κ1) is 9.26. The monoisotopic (exact) mass is 167 g/mol. The van der Waals surface area contributed by atoms with Crippen LogP contribution >= 0.6 is 0 Å². The summed E-state index contributed by atoms with van der Waals surface area (Å²) >= 11 is 0. The zero-order valence-electron chi connectivity index (χ0n) is 8.26. The van der Waals surface area contributed by atoms with Gasteiger partial charge in [-0.2, -0.15) is 0 Å². The lowest BCUT2D eigenvalue weighted by Crippen LogP contribution is -2.20. The highest BCUT2D eigenvalue weighted by molar-refractivity contribution is 5.09. The third-order valence-corrected chi connectivity index (χ3v) is 2.26. The minimum absolute atomic E-state index is 0.483. The summed E-state index contributed by atoms with van der Waals surface area (Å²) in [5.41, 5.74) is 2.38. The molecule has 0 saturated carbocycles. The van der Waals surface area contributed by atoms with Gasteiger partial charge in [-0.1, -0.05) is 0 Å². The van der Waals surface area contributed by atoms with E-state index >= 15 is 0 Å². The average Bonchev–Trinajstić information content (AvgIpc) is 2.34. The molecule has 3 nitrogen and oxygen atoms in total. The van der Waals surface area contributed by atoms with Crippen LogP contribution in [0.1, 0.15) is 24.4 Å². The summed E-state index contributed by atoms with van der Waals surface area (Å²) in [5, 5.41) is 3.15. The molecule has 1 N–H and O–H groups in total. The van der Waals surface area contributed by atoms with Crippen molar-refractivity contribution in [2.75, 3.05) is 13.6 Å². The molecule has 1 heterocycles. The first-order valence-electron chi connectivity index (χ1n) is 4.31. The molecule has 1 aromatic heterocycles. The van der Waals surface area contributed by atoms with Crippen molar-refractivity contribution in [3.05, 3.63) is 17.7 Å². The summed E-state index contributed by atoms with van der Waals surface area (Å²) < 4.78 is 2.20. The van der Waals surface area contributed by atoms with Crippen molar-refractivity contribution in [2.45, 2.75) is 26.8 Å². The van der Waals surface area contributed by atoms with Crippen molar-refractivity contribution in [2.24, 2.45) is 0 Å². The molecular weight excluding hydrogens is 150 g/mol. The highest BCUT2D eigenvalue weighted by Gasteiger charge is 2.07. The molecule has 12 heavy (non-hydrogen) atoms. The molecule has 0 amide bonds. The molecule has 3 heteroatoms. The van der Waals surface area contributed by atoms with Crippen LogP contribution < -0.4 is 5.32 Å². The van der Waals surface area contributed by atoms with Gasteiger partial charge in [0.2, 0.25) is 0 Å². The first-order valence-corrected chi connectivity index (χ1v) is 4.31. The molecule has 0 aliphatic heterocycles. The van der Waals surface area contributed by atoms with E-state index in [4.69, 9.17) is 0 Å². The van der Waals surface area contributed by atoms with Crippen LogP contribution in [0.25, 0.3) is 0 Å². The Labute approximate surface area is 73.8 Å². The van der Waals surface area contributed by atoms with Gasteiger partial charge in [0, 0.05) is 18.3 Å². The molecule has 0 fully saturated rings. The summed E-state index contributed by atoms with van der Waals surface area (Å²) in [6.45, 7) is 7.31. The lowest BCUT2D eigenvalue weighted by atomic mass is 10.3. The fraction of sp³-hybridized carbons (Fsp3) is 0.667. The van der Waals surface area contributed by atoms with Crippen LogP contribution in [0.2, 0.25) is 0 Å². The zero-order chi connectivity index (χ0) is 9.14. The zero-order valence-corrected chi connectivity index (χ0v) is 8.26.